The van der Waals surface area contributed by atoms with Gasteiger partial charge in [-0.05, 0) is 35.1 Å². The van der Waals surface area contributed by atoms with Crippen molar-refractivity contribution in [1.82, 2.24) is 0 Å². The first kappa shape index (κ1) is 16.1. The number of hydrogen-bond donors (Lipinski definition) is 2. The van der Waals surface area contributed by atoms with Gasteiger partial charge in [0.15, 0.2) is 0 Å². The Morgan fingerprint density at radius 1 is 1.09 bits per heavy atom. The Bertz CT molecular complexity index is 642. The monoisotopic (exact) mass is 297 g/mol. The number of phenols is 1. The molecular formula is C19H23NO2. The second kappa shape index (κ2) is 6.65. The summed E-state index contributed by atoms with van der Waals surface area (Å²) in [6, 6.07) is 15.3. The summed E-state index contributed by atoms with van der Waals surface area (Å²) in [6.45, 7) is 6.29. The van der Waals surface area contributed by atoms with Crippen LogP contribution in [0.3, 0.4) is 0 Å². The molecule has 3 heteroatoms. The van der Waals surface area contributed by atoms with Crippen LogP contribution in [0.5, 0.6) is 5.75 Å². The lowest BCUT2D eigenvalue weighted by atomic mass is 9.87. The van der Waals surface area contributed by atoms with Crippen molar-refractivity contribution in [2.75, 3.05) is 5.32 Å². The summed E-state index contributed by atoms with van der Waals surface area (Å²) in [4.78, 5) is 12.1. The molecule has 0 saturated heterocycles. The molecule has 22 heavy (non-hydrogen) atoms. The molecule has 0 radical (unpaired) electrons. The van der Waals surface area contributed by atoms with E-state index in [0.29, 0.717) is 18.5 Å². The van der Waals surface area contributed by atoms with Crippen molar-refractivity contribution in [1.29, 1.82) is 0 Å². The first-order valence-electron chi connectivity index (χ1n) is 7.53. The lowest BCUT2D eigenvalue weighted by molar-refractivity contribution is -0.116. The third kappa shape index (κ3) is 4.35. The van der Waals surface area contributed by atoms with Gasteiger partial charge in [0, 0.05) is 6.42 Å². The van der Waals surface area contributed by atoms with Crippen LogP contribution >= 0.6 is 0 Å². The number of nitrogens with one attached hydrogen (secondary N) is 1. The summed E-state index contributed by atoms with van der Waals surface area (Å²) in [7, 11) is 0. The molecule has 2 aromatic carbocycles. The zero-order valence-corrected chi connectivity index (χ0v) is 13.4. The summed E-state index contributed by atoms with van der Waals surface area (Å²) in [5.41, 5.74) is 2.65. The number of benzene rings is 2. The number of anilines is 1. The van der Waals surface area contributed by atoms with Crippen LogP contribution in [0.2, 0.25) is 0 Å². The molecule has 2 aromatic rings. The predicted molar refractivity (Wildman–Crippen MR) is 90.2 cm³/mol. The van der Waals surface area contributed by atoms with Crippen molar-refractivity contribution in [2.45, 2.75) is 39.0 Å². The number of hydrogen-bond acceptors (Lipinski definition) is 2. The second-order valence-corrected chi connectivity index (χ2v) is 6.52. The number of aryl methyl sites for hydroxylation is 1. The molecule has 2 N–H and O–H groups in total. The number of amides is 1. The number of carbonyl (C=O) groups is 1. The molecule has 3 nitrogen and oxygen atoms in total. The Morgan fingerprint density at radius 2 is 1.77 bits per heavy atom. The van der Waals surface area contributed by atoms with Gasteiger partial charge < -0.3 is 10.4 Å². The molecule has 0 aliphatic rings. The van der Waals surface area contributed by atoms with E-state index in [1.54, 1.807) is 6.07 Å². The second-order valence-electron chi connectivity index (χ2n) is 6.52. The van der Waals surface area contributed by atoms with Crippen molar-refractivity contribution in [3.8, 4) is 5.75 Å². The maximum absolute atomic E-state index is 12.1. The van der Waals surface area contributed by atoms with Crippen molar-refractivity contribution < 1.29 is 9.90 Å². The average molecular weight is 297 g/mol. The Balaban J connectivity index is 2.02. The fourth-order valence-corrected chi connectivity index (χ4v) is 2.22. The zero-order chi connectivity index (χ0) is 16.2. The van der Waals surface area contributed by atoms with Crippen LogP contribution in [0, 0.1) is 0 Å². The number of aromatic hydroxyl groups is 1. The topological polar surface area (TPSA) is 49.3 Å². The quantitative estimate of drug-likeness (QED) is 0.828. The highest BCUT2D eigenvalue weighted by molar-refractivity contribution is 5.92. The largest absolute Gasteiger partial charge is 0.506 e. The van der Waals surface area contributed by atoms with Crippen LogP contribution < -0.4 is 5.32 Å². The summed E-state index contributed by atoms with van der Waals surface area (Å²) >= 11 is 0. The van der Waals surface area contributed by atoms with Gasteiger partial charge in [-0.2, -0.15) is 0 Å². The standard InChI is InChI=1S/C19H23NO2/c1-19(2,3)15-10-11-17(21)16(13-15)20-18(22)12-9-14-7-5-4-6-8-14/h4-8,10-11,13,21H,9,12H2,1-3H3,(H,20,22). The van der Waals surface area contributed by atoms with E-state index in [-0.39, 0.29) is 17.1 Å². The van der Waals surface area contributed by atoms with Crippen molar-refractivity contribution in [2.24, 2.45) is 0 Å². The van der Waals surface area contributed by atoms with Gasteiger partial charge in [-0.15, -0.1) is 0 Å². The van der Waals surface area contributed by atoms with Crippen LogP contribution in [0.1, 0.15) is 38.3 Å². The number of rotatable bonds is 4. The highest BCUT2D eigenvalue weighted by Gasteiger charge is 2.16. The molecule has 0 aliphatic heterocycles. The molecular weight excluding hydrogens is 274 g/mol. The van der Waals surface area contributed by atoms with Gasteiger partial charge in [0.25, 0.3) is 0 Å². The van der Waals surface area contributed by atoms with E-state index in [1.807, 2.05) is 42.5 Å². The molecule has 0 atom stereocenters. The Labute approximate surface area is 132 Å². The Hall–Kier alpha value is -2.29. The average Bonchev–Trinajstić information content (AvgIpc) is 2.47. The molecule has 0 fully saturated rings. The minimum absolute atomic E-state index is 0.0305. The van der Waals surface area contributed by atoms with Gasteiger partial charge in [-0.3, -0.25) is 4.79 Å². The van der Waals surface area contributed by atoms with Gasteiger partial charge in [0.1, 0.15) is 5.75 Å². The summed E-state index contributed by atoms with van der Waals surface area (Å²) < 4.78 is 0. The first-order chi connectivity index (χ1) is 10.4. The van der Waals surface area contributed by atoms with E-state index >= 15 is 0 Å². The van der Waals surface area contributed by atoms with E-state index in [4.69, 9.17) is 0 Å². The molecule has 116 valence electrons. The maximum atomic E-state index is 12.1. The fourth-order valence-electron chi connectivity index (χ4n) is 2.22. The molecule has 1 amide bonds. The first-order valence-corrected chi connectivity index (χ1v) is 7.53. The van der Waals surface area contributed by atoms with Crippen LogP contribution in [0.25, 0.3) is 0 Å². The Kier molecular flexibility index (Phi) is 4.86. The fraction of sp³-hybridized carbons (Fsp3) is 0.316. The molecule has 0 heterocycles. The predicted octanol–water partition coefficient (Wildman–Crippen LogP) is 4.26. The molecule has 0 unspecified atom stereocenters. The highest BCUT2D eigenvalue weighted by atomic mass is 16.3. The van der Waals surface area contributed by atoms with E-state index in [1.165, 1.54) is 0 Å². The van der Waals surface area contributed by atoms with Crippen molar-refractivity contribution in [3.05, 3.63) is 59.7 Å². The third-order valence-electron chi connectivity index (χ3n) is 3.62. The van der Waals surface area contributed by atoms with E-state index in [9.17, 15) is 9.90 Å². The smallest absolute Gasteiger partial charge is 0.224 e. The summed E-state index contributed by atoms with van der Waals surface area (Å²) in [5.74, 6) is 0.00581. The molecule has 0 aromatic heterocycles. The van der Waals surface area contributed by atoms with Crippen molar-refractivity contribution in [3.63, 3.8) is 0 Å². The maximum Gasteiger partial charge on any atom is 0.224 e. The minimum atomic E-state index is -0.0924. The van der Waals surface area contributed by atoms with Gasteiger partial charge in [0.2, 0.25) is 5.91 Å². The normalized spacial score (nSPS) is 11.2. The molecule has 0 saturated carbocycles. The minimum Gasteiger partial charge on any atom is -0.506 e. The lowest BCUT2D eigenvalue weighted by Crippen LogP contribution is -2.15. The van der Waals surface area contributed by atoms with Crippen LogP contribution in [-0.4, -0.2) is 11.0 Å². The SMILES string of the molecule is CC(C)(C)c1ccc(O)c(NC(=O)CCc2ccccc2)c1. The highest BCUT2D eigenvalue weighted by Crippen LogP contribution is 2.30. The van der Waals surface area contributed by atoms with Gasteiger partial charge in [0.05, 0.1) is 5.69 Å². The van der Waals surface area contributed by atoms with Gasteiger partial charge >= 0.3 is 0 Å². The third-order valence-corrected chi connectivity index (χ3v) is 3.62. The molecule has 0 spiro atoms. The van der Waals surface area contributed by atoms with E-state index in [0.717, 1.165) is 11.1 Å². The lowest BCUT2D eigenvalue weighted by Gasteiger charge is -2.20. The molecule has 2 rings (SSSR count). The van der Waals surface area contributed by atoms with Gasteiger partial charge in [-0.25, -0.2) is 0 Å². The summed E-state index contributed by atoms with van der Waals surface area (Å²) in [5, 5.41) is 12.7. The summed E-state index contributed by atoms with van der Waals surface area (Å²) in [6.07, 6.45) is 1.08. The van der Waals surface area contributed by atoms with E-state index < -0.39 is 0 Å². The number of carbonyl (C=O) groups excluding carboxylic acids is 1. The van der Waals surface area contributed by atoms with Crippen LogP contribution in [0.15, 0.2) is 48.5 Å². The van der Waals surface area contributed by atoms with Crippen molar-refractivity contribution >= 4 is 11.6 Å². The number of phenolic OH excluding ortho intramolecular Hbond substituents is 1. The molecule has 0 aliphatic carbocycles. The van der Waals surface area contributed by atoms with Crippen LogP contribution in [-0.2, 0) is 16.6 Å². The Morgan fingerprint density at radius 3 is 2.41 bits per heavy atom. The van der Waals surface area contributed by atoms with Gasteiger partial charge in [-0.1, -0.05) is 57.2 Å². The van der Waals surface area contributed by atoms with E-state index in [2.05, 4.69) is 26.1 Å². The zero-order valence-electron chi connectivity index (χ0n) is 13.4. The van der Waals surface area contributed by atoms with Crippen LogP contribution in [0.4, 0.5) is 5.69 Å². The molecule has 0 bridgehead atoms.